The molecular weight excluding hydrogens is 839 g/mol. The van der Waals surface area contributed by atoms with Gasteiger partial charge in [-0.3, -0.25) is 0 Å². The summed E-state index contributed by atoms with van der Waals surface area (Å²) in [5, 5.41) is 8.25. The number of nitrogens with zero attached hydrogens (tertiary/aromatic N) is 1. The van der Waals surface area contributed by atoms with Crippen molar-refractivity contribution < 1.29 is 8.83 Å². The Morgan fingerprint density at radius 3 is 1.70 bits per heavy atom. The number of benzene rings is 11. The van der Waals surface area contributed by atoms with Crippen LogP contribution in [0.25, 0.3) is 99.0 Å². The van der Waals surface area contributed by atoms with Crippen molar-refractivity contribution in [3.8, 4) is 44.5 Å². The van der Waals surface area contributed by atoms with Gasteiger partial charge in [0, 0.05) is 44.4 Å². The van der Waals surface area contributed by atoms with Gasteiger partial charge < -0.3 is 13.7 Å². The smallest absolute Gasteiger partial charge is 0.136 e. The number of para-hydroxylation sites is 2. The molecule has 0 radical (unpaired) electrons. The van der Waals surface area contributed by atoms with E-state index >= 15 is 0 Å². The second-order valence-corrected chi connectivity index (χ2v) is 18.4. The number of rotatable bonds is 8. The van der Waals surface area contributed by atoms with Gasteiger partial charge in [0.15, 0.2) is 0 Å². The minimum atomic E-state index is 0.150. The summed E-state index contributed by atoms with van der Waals surface area (Å²) in [4.78, 5) is 2.41. The van der Waals surface area contributed by atoms with Gasteiger partial charge in [0.25, 0.3) is 0 Å². The average molecular weight is 882 g/mol. The number of fused-ring (bicyclic) bond motifs is 10. The summed E-state index contributed by atoms with van der Waals surface area (Å²) in [7, 11) is 0. The first-order chi connectivity index (χ1) is 34.2. The fourth-order valence-corrected chi connectivity index (χ4v) is 11.1. The third-order valence-electron chi connectivity index (χ3n) is 14.4. The van der Waals surface area contributed by atoms with Crippen molar-refractivity contribution in [2.24, 2.45) is 0 Å². The van der Waals surface area contributed by atoms with Gasteiger partial charge in [-0.25, -0.2) is 0 Å². The summed E-state index contributed by atoms with van der Waals surface area (Å²) in [6.07, 6.45) is 0.889. The first-order valence-corrected chi connectivity index (χ1v) is 23.8. The Morgan fingerprint density at radius 1 is 0.348 bits per heavy atom. The van der Waals surface area contributed by atoms with Crippen LogP contribution in [0.3, 0.4) is 0 Å². The van der Waals surface area contributed by atoms with Gasteiger partial charge >= 0.3 is 0 Å². The maximum absolute atomic E-state index is 6.68. The summed E-state index contributed by atoms with van der Waals surface area (Å²) in [5.41, 5.74) is 18.1. The van der Waals surface area contributed by atoms with E-state index in [2.05, 4.69) is 235 Å². The Kier molecular flexibility index (Phi) is 9.03. The highest BCUT2D eigenvalue weighted by molar-refractivity contribution is 6.10. The highest BCUT2D eigenvalue weighted by Gasteiger charge is 2.34. The SMILES string of the molecule is c1ccc(CC2c3ccc(-c4ccc(N(c5ccc(-c6ccc7ccccc7c6)cc5)c5ccc(-c6ccc7c(c6)oc6ccccc67)c6ccccc56)cc4)cc3-c3c2oc2ccccc32)cc1. The van der Waals surface area contributed by atoms with E-state index in [9.17, 15) is 0 Å². The molecule has 0 aliphatic heterocycles. The number of furan rings is 2. The zero-order valence-corrected chi connectivity index (χ0v) is 37.6. The lowest BCUT2D eigenvalue weighted by Crippen LogP contribution is -2.10. The summed E-state index contributed by atoms with van der Waals surface area (Å²) in [5.74, 6) is 1.22. The standard InChI is InChI=1S/C66H43NO2/c1-2-12-42(13-3-1)38-60-54-34-28-48(40-59(54)65-58-19-9-11-21-63(58)69-66(60)65)45-26-32-51(33-27-45)67(50-30-24-44(25-31-50)47-23-22-43-14-4-5-15-46(43)39-47)61-37-36-52(53-16-6-7-17-55(53)61)49-29-35-57-56-18-8-10-20-62(56)68-64(57)41-49/h1-37,39-41,60H,38H2. The van der Waals surface area contributed by atoms with Gasteiger partial charge in [-0.1, -0.05) is 176 Å². The van der Waals surface area contributed by atoms with Crippen LogP contribution in [0, 0.1) is 0 Å². The van der Waals surface area contributed by atoms with Crippen molar-refractivity contribution in [1.29, 1.82) is 0 Å². The molecule has 1 aliphatic rings. The second-order valence-electron chi connectivity index (χ2n) is 18.4. The molecule has 0 amide bonds. The van der Waals surface area contributed by atoms with Crippen molar-refractivity contribution in [2.45, 2.75) is 12.3 Å². The molecule has 0 bridgehead atoms. The second kappa shape index (κ2) is 15.9. The van der Waals surface area contributed by atoms with Crippen molar-refractivity contribution in [1.82, 2.24) is 0 Å². The third-order valence-corrected chi connectivity index (χ3v) is 14.4. The average Bonchev–Trinajstić information content (AvgIpc) is 4.08. The van der Waals surface area contributed by atoms with Crippen molar-refractivity contribution in [2.75, 3.05) is 4.90 Å². The normalized spacial score (nSPS) is 13.1. The minimum absolute atomic E-state index is 0.150. The maximum atomic E-state index is 6.68. The first-order valence-electron chi connectivity index (χ1n) is 23.8. The van der Waals surface area contributed by atoms with E-state index in [1.165, 1.54) is 60.5 Å². The zero-order chi connectivity index (χ0) is 45.4. The van der Waals surface area contributed by atoms with Gasteiger partial charge in [0.2, 0.25) is 0 Å². The summed E-state index contributed by atoms with van der Waals surface area (Å²) >= 11 is 0. The van der Waals surface area contributed by atoms with Gasteiger partial charge in [-0.15, -0.1) is 0 Å². The van der Waals surface area contributed by atoms with Crippen LogP contribution in [0.2, 0.25) is 0 Å². The Balaban J connectivity index is 0.875. The van der Waals surface area contributed by atoms with Crippen molar-refractivity contribution in [3.63, 3.8) is 0 Å². The van der Waals surface area contributed by atoms with Crippen LogP contribution in [-0.2, 0) is 6.42 Å². The summed E-state index contributed by atoms with van der Waals surface area (Å²) < 4.78 is 13.1. The minimum Gasteiger partial charge on any atom is -0.460 e. The topological polar surface area (TPSA) is 29.5 Å². The van der Waals surface area contributed by atoms with E-state index in [0.717, 1.165) is 78.8 Å². The molecule has 13 aromatic rings. The molecule has 1 aliphatic carbocycles. The van der Waals surface area contributed by atoms with Crippen LogP contribution in [0.15, 0.2) is 251 Å². The van der Waals surface area contributed by atoms with Crippen LogP contribution in [0.5, 0.6) is 0 Å². The Morgan fingerprint density at radius 2 is 0.928 bits per heavy atom. The molecule has 2 heterocycles. The van der Waals surface area contributed by atoms with E-state index in [0.29, 0.717) is 0 Å². The van der Waals surface area contributed by atoms with Gasteiger partial charge in [-0.05, 0) is 139 Å². The maximum Gasteiger partial charge on any atom is 0.136 e. The number of hydrogen-bond acceptors (Lipinski definition) is 3. The molecule has 11 aromatic carbocycles. The quantitative estimate of drug-likeness (QED) is 0.152. The van der Waals surface area contributed by atoms with Crippen LogP contribution >= 0.6 is 0 Å². The third kappa shape index (κ3) is 6.58. The lowest BCUT2D eigenvalue weighted by Gasteiger charge is -2.28. The van der Waals surface area contributed by atoms with E-state index in [4.69, 9.17) is 8.83 Å². The van der Waals surface area contributed by atoms with Crippen LogP contribution in [0.4, 0.5) is 17.1 Å². The lowest BCUT2D eigenvalue weighted by atomic mass is 9.91. The molecule has 3 heteroatoms. The van der Waals surface area contributed by atoms with E-state index in [-0.39, 0.29) is 5.92 Å². The molecule has 0 N–H and O–H groups in total. The predicted molar refractivity (Wildman–Crippen MR) is 287 cm³/mol. The Hall–Kier alpha value is -8.92. The molecule has 3 nitrogen and oxygen atoms in total. The van der Waals surface area contributed by atoms with Crippen molar-refractivity contribution >= 4 is 71.5 Å². The summed E-state index contributed by atoms with van der Waals surface area (Å²) in [6.45, 7) is 0. The van der Waals surface area contributed by atoms with E-state index in [1.807, 2.05) is 12.1 Å². The van der Waals surface area contributed by atoms with Crippen LogP contribution in [0.1, 0.15) is 22.8 Å². The highest BCUT2D eigenvalue weighted by Crippen LogP contribution is 2.52. The molecule has 324 valence electrons. The van der Waals surface area contributed by atoms with Gasteiger partial charge in [-0.2, -0.15) is 0 Å². The van der Waals surface area contributed by atoms with Crippen LogP contribution < -0.4 is 4.90 Å². The molecule has 1 atom stereocenters. The Labute approximate surface area is 399 Å². The van der Waals surface area contributed by atoms with E-state index in [1.54, 1.807) is 0 Å². The molecule has 0 spiro atoms. The van der Waals surface area contributed by atoms with Crippen molar-refractivity contribution in [3.05, 3.63) is 260 Å². The molecule has 0 saturated heterocycles. The monoisotopic (exact) mass is 881 g/mol. The molecule has 0 saturated carbocycles. The summed E-state index contributed by atoms with van der Waals surface area (Å²) in [6, 6.07) is 87.9. The fraction of sp³-hybridized carbons (Fsp3) is 0.0303. The number of hydrogen-bond donors (Lipinski definition) is 0. The van der Waals surface area contributed by atoms with Gasteiger partial charge in [0.05, 0.1) is 5.69 Å². The fourth-order valence-electron chi connectivity index (χ4n) is 11.1. The lowest BCUT2D eigenvalue weighted by molar-refractivity contribution is 0.526. The van der Waals surface area contributed by atoms with Crippen LogP contribution in [-0.4, -0.2) is 0 Å². The molecular formula is C66H43NO2. The van der Waals surface area contributed by atoms with Gasteiger partial charge in [0.1, 0.15) is 22.5 Å². The highest BCUT2D eigenvalue weighted by atomic mass is 16.3. The first kappa shape index (κ1) is 39.3. The molecule has 1 unspecified atom stereocenters. The molecule has 69 heavy (non-hydrogen) atoms. The number of anilines is 3. The largest absolute Gasteiger partial charge is 0.460 e. The zero-order valence-electron chi connectivity index (χ0n) is 37.6. The predicted octanol–water partition coefficient (Wildman–Crippen LogP) is 18.5. The Bertz CT molecular complexity index is 4100. The molecule has 2 aromatic heterocycles. The molecule has 14 rings (SSSR count). The molecule has 0 fully saturated rings. The van der Waals surface area contributed by atoms with E-state index < -0.39 is 0 Å².